The lowest BCUT2D eigenvalue weighted by atomic mass is 9.80. The van der Waals surface area contributed by atoms with Crippen LogP contribution in [0, 0.1) is 6.85 Å². The summed E-state index contributed by atoms with van der Waals surface area (Å²) in [6.45, 7) is -2.87. The number of benzene rings is 1. The molecule has 0 saturated heterocycles. The van der Waals surface area contributed by atoms with Gasteiger partial charge in [0, 0.05) is 22.1 Å². The van der Waals surface area contributed by atoms with Crippen LogP contribution in [-0.4, -0.2) is 26.7 Å². The van der Waals surface area contributed by atoms with E-state index in [1.807, 2.05) is 0 Å². The van der Waals surface area contributed by atoms with Gasteiger partial charge in [0.05, 0.1) is 8.22 Å². The van der Waals surface area contributed by atoms with Crippen molar-refractivity contribution in [3.8, 4) is 5.69 Å². The Kier molecular flexibility index (Phi) is 0.976. The quantitative estimate of drug-likeness (QED) is 0.679. The van der Waals surface area contributed by atoms with Gasteiger partial charge in [-0.1, -0.05) is 12.1 Å². The average Bonchev–Trinajstić information content (AvgIpc) is 2.74. The van der Waals surface area contributed by atoms with Gasteiger partial charge in [-0.05, 0) is 24.4 Å². The van der Waals surface area contributed by atoms with Crippen molar-refractivity contribution in [2.45, 2.75) is 6.85 Å². The van der Waals surface area contributed by atoms with Gasteiger partial charge in [0.2, 0.25) is 0 Å². The molecule has 1 aromatic carbocycles. The highest BCUT2D eigenvalue weighted by atomic mass is 16.4. The number of aromatic nitrogens is 2. The Bertz CT molecular complexity index is 789. The molecule has 1 heterocycles. The normalized spacial score (nSPS) is 19.7. The van der Waals surface area contributed by atoms with Crippen molar-refractivity contribution >= 4 is 12.6 Å². The van der Waals surface area contributed by atoms with E-state index in [4.69, 9.17) is 12.3 Å². The monoisotopic (exact) mass is 211 g/mol. The minimum atomic E-state index is -2.87. The zero-order valence-electron chi connectivity index (χ0n) is 16.4. The molecule has 2 aromatic rings. The minimum Gasteiger partial charge on any atom is -0.423 e. The molecule has 0 atom stereocenters. The lowest BCUT2D eigenvalue weighted by Crippen LogP contribution is -2.29. The second-order valence-electron chi connectivity index (χ2n) is 2.63. The first kappa shape index (κ1) is 3.77. The lowest BCUT2D eigenvalue weighted by Gasteiger charge is -2.05. The number of hydrogen-bond donors (Lipinski definition) is 2. The predicted octanol–water partition coefficient (Wildman–Crippen LogP) is -0.139. The predicted molar refractivity (Wildman–Crippen MR) is 58.1 cm³/mol. The van der Waals surface area contributed by atoms with Crippen molar-refractivity contribution in [1.29, 1.82) is 0 Å². The summed E-state index contributed by atoms with van der Waals surface area (Å²) in [7, 11) is -2.26. The molecule has 15 heavy (non-hydrogen) atoms. The summed E-state index contributed by atoms with van der Waals surface area (Å²) in [5.41, 5.74) is -1.28. The number of rotatable bonds is 2. The summed E-state index contributed by atoms with van der Waals surface area (Å²) in [5, 5.41) is 18.4. The van der Waals surface area contributed by atoms with Crippen LogP contribution in [-0.2, 0) is 0 Å². The smallest absolute Gasteiger partial charge is 0.423 e. The molecule has 0 amide bonds. The van der Waals surface area contributed by atoms with Crippen molar-refractivity contribution in [2.24, 2.45) is 0 Å². The van der Waals surface area contributed by atoms with Crippen molar-refractivity contribution < 1.29 is 22.4 Å². The highest BCUT2D eigenvalue weighted by molar-refractivity contribution is 6.58. The van der Waals surface area contributed by atoms with E-state index in [1.165, 1.54) is 0 Å². The van der Waals surface area contributed by atoms with E-state index in [-0.39, 0.29) is 0 Å². The summed E-state index contributed by atoms with van der Waals surface area (Å²) in [6.07, 6.45) is -1.43. The van der Waals surface area contributed by atoms with Gasteiger partial charge in [0.25, 0.3) is 0 Å². The van der Waals surface area contributed by atoms with E-state index in [9.17, 15) is 10.0 Å². The SMILES string of the molecule is [2H]c1nc(C([2H])([2H])[2H])n(-c2c([2H])c([2H])c(B(O)O)c([2H])c2[2H])c1[2H]. The van der Waals surface area contributed by atoms with Gasteiger partial charge in [0.15, 0.2) is 0 Å². The summed E-state index contributed by atoms with van der Waals surface area (Å²) in [5.74, 6) is -0.754. The first-order valence-corrected chi connectivity index (χ1v) is 3.92. The van der Waals surface area contributed by atoms with Crippen molar-refractivity contribution in [3.05, 3.63) is 42.3 Å². The average molecular weight is 211 g/mol. The van der Waals surface area contributed by atoms with Crippen LogP contribution >= 0.6 is 0 Å². The molecule has 0 aliphatic carbocycles. The summed E-state index contributed by atoms with van der Waals surface area (Å²) in [4.78, 5) is 3.45. The summed E-state index contributed by atoms with van der Waals surface area (Å²) < 4.78 is 69.5. The van der Waals surface area contributed by atoms with Gasteiger partial charge < -0.3 is 14.6 Å². The largest absolute Gasteiger partial charge is 0.488 e. The van der Waals surface area contributed by atoms with Crippen molar-refractivity contribution in [2.75, 3.05) is 0 Å². The van der Waals surface area contributed by atoms with Crippen LogP contribution in [0.1, 0.15) is 18.2 Å². The molecule has 0 spiro atoms. The molecule has 0 saturated carbocycles. The molecule has 1 aromatic heterocycles. The number of nitrogens with zero attached hydrogens (tertiary/aromatic N) is 2. The minimum absolute atomic E-state index is 0.545. The summed E-state index contributed by atoms with van der Waals surface area (Å²) in [6, 6.07) is -3.15. The molecule has 0 bridgehead atoms. The molecule has 5 heteroatoms. The molecule has 76 valence electrons. The van der Waals surface area contributed by atoms with Crippen LogP contribution < -0.4 is 5.46 Å². The van der Waals surface area contributed by atoms with Crippen LogP contribution in [0.5, 0.6) is 0 Å². The van der Waals surface area contributed by atoms with E-state index in [2.05, 4.69) is 4.98 Å². The third-order valence-electron chi connectivity index (χ3n) is 1.65. The Morgan fingerprint density at radius 2 is 2.13 bits per heavy atom. The first-order chi connectivity index (χ1) is 10.9. The van der Waals surface area contributed by atoms with Crippen LogP contribution in [0.2, 0.25) is 0 Å². The van der Waals surface area contributed by atoms with Gasteiger partial charge in [-0.15, -0.1) is 0 Å². The Hall–Kier alpha value is -1.59. The highest BCUT2D eigenvalue weighted by Crippen LogP contribution is 2.08. The van der Waals surface area contributed by atoms with Gasteiger partial charge in [0.1, 0.15) is 5.82 Å². The molecule has 0 unspecified atom stereocenters. The van der Waals surface area contributed by atoms with Crippen LogP contribution in [0.4, 0.5) is 0 Å². The topological polar surface area (TPSA) is 58.3 Å². The molecule has 0 fully saturated rings. The molecular weight excluding hydrogens is 191 g/mol. The van der Waals surface area contributed by atoms with Crippen LogP contribution in [0.3, 0.4) is 0 Å². The Morgan fingerprint density at radius 3 is 2.73 bits per heavy atom. The van der Waals surface area contributed by atoms with E-state index < -0.39 is 67.5 Å². The fourth-order valence-electron chi connectivity index (χ4n) is 0.949. The van der Waals surface area contributed by atoms with Crippen molar-refractivity contribution in [3.63, 3.8) is 0 Å². The zero-order valence-corrected chi connectivity index (χ0v) is 7.37. The Balaban J connectivity index is 2.95. The fourth-order valence-corrected chi connectivity index (χ4v) is 0.949. The maximum absolute atomic E-state index is 9.21. The van der Waals surface area contributed by atoms with Gasteiger partial charge in [-0.3, -0.25) is 0 Å². The standard InChI is InChI=1S/C10H11BN2O2/c1-8-12-6-7-13(8)10-4-2-9(3-5-10)11(14)15/h2-7,14-15H,1H3/i1D3,2D,3D,4D,5D,6D,7D. The molecule has 0 radical (unpaired) electrons. The van der Waals surface area contributed by atoms with E-state index in [0.717, 1.165) is 0 Å². The number of hydrogen-bond acceptors (Lipinski definition) is 3. The second-order valence-corrected chi connectivity index (χ2v) is 2.63. The maximum Gasteiger partial charge on any atom is 0.488 e. The zero-order chi connectivity index (χ0) is 18.6. The number of imidazole rings is 1. The fraction of sp³-hybridized carbons (Fsp3) is 0.100. The molecule has 2 N–H and O–H groups in total. The molecular formula is C10H11BN2O2. The van der Waals surface area contributed by atoms with Gasteiger partial charge in [-0.25, -0.2) is 4.98 Å². The third-order valence-corrected chi connectivity index (χ3v) is 1.65. The van der Waals surface area contributed by atoms with Crippen LogP contribution in [0.25, 0.3) is 5.69 Å². The molecule has 0 aliphatic rings. The van der Waals surface area contributed by atoms with E-state index >= 15 is 0 Å². The van der Waals surface area contributed by atoms with Gasteiger partial charge >= 0.3 is 7.12 Å². The summed E-state index contributed by atoms with van der Waals surface area (Å²) >= 11 is 0. The molecule has 2 rings (SSSR count). The van der Waals surface area contributed by atoms with E-state index in [1.54, 1.807) is 0 Å². The second kappa shape index (κ2) is 3.88. The third kappa shape index (κ3) is 1.93. The molecule has 4 nitrogen and oxygen atoms in total. The van der Waals surface area contributed by atoms with Crippen molar-refractivity contribution in [1.82, 2.24) is 9.55 Å². The first-order valence-electron chi connectivity index (χ1n) is 8.42. The number of aryl methyl sites for hydroxylation is 1. The van der Waals surface area contributed by atoms with E-state index in [0.29, 0.717) is 4.57 Å². The molecule has 0 aliphatic heterocycles. The van der Waals surface area contributed by atoms with Gasteiger partial charge in [-0.2, -0.15) is 0 Å². The highest BCUT2D eigenvalue weighted by Gasteiger charge is 2.10. The van der Waals surface area contributed by atoms with Crippen LogP contribution in [0.15, 0.2) is 36.5 Å². The maximum atomic E-state index is 9.21. The Labute approximate surface area is 101 Å². The lowest BCUT2D eigenvalue weighted by molar-refractivity contribution is 0.426. The Morgan fingerprint density at radius 1 is 1.40 bits per heavy atom.